The number of carbonyl (C=O) groups excluding carboxylic acids is 1. The van der Waals surface area contributed by atoms with Crippen LogP contribution >= 0.6 is 0 Å². The van der Waals surface area contributed by atoms with E-state index in [0.29, 0.717) is 5.56 Å². The lowest BCUT2D eigenvalue weighted by Crippen LogP contribution is -1.94. The Morgan fingerprint density at radius 1 is 1.22 bits per heavy atom. The van der Waals surface area contributed by atoms with E-state index in [1.807, 2.05) is 24.3 Å². The fourth-order valence-corrected chi connectivity index (χ4v) is 1.57. The highest BCUT2D eigenvalue weighted by molar-refractivity contribution is 6.06. The normalized spacial score (nSPS) is 10.5. The van der Waals surface area contributed by atoms with Gasteiger partial charge in [-0.2, -0.15) is 0 Å². The van der Waals surface area contributed by atoms with Gasteiger partial charge in [0, 0.05) is 23.5 Å². The third-order valence-corrected chi connectivity index (χ3v) is 2.50. The lowest BCUT2D eigenvalue weighted by Gasteiger charge is -2.03. The molecule has 0 radical (unpaired) electrons. The number of hydrogen-bond acceptors (Lipinski definition) is 3. The van der Waals surface area contributed by atoms with Crippen molar-refractivity contribution in [3.05, 3.63) is 66.0 Å². The highest BCUT2D eigenvalue weighted by atomic mass is 16.5. The van der Waals surface area contributed by atoms with Crippen LogP contribution in [0.5, 0.6) is 5.75 Å². The molecule has 2 rings (SSSR count). The fourth-order valence-electron chi connectivity index (χ4n) is 1.57. The molecule has 3 heteroatoms. The molecule has 0 N–H and O–H groups in total. The number of carbonyl (C=O) groups is 1. The number of pyridine rings is 1. The molecule has 0 atom stereocenters. The summed E-state index contributed by atoms with van der Waals surface area (Å²) in [5.74, 6) is 0.668. The molecule has 0 saturated carbocycles. The van der Waals surface area contributed by atoms with Gasteiger partial charge < -0.3 is 4.74 Å². The largest absolute Gasteiger partial charge is 0.496 e. The van der Waals surface area contributed by atoms with Gasteiger partial charge in [0.25, 0.3) is 0 Å². The summed E-state index contributed by atoms with van der Waals surface area (Å²) in [5.41, 5.74) is 1.45. The number of nitrogens with zero attached hydrogens (tertiary/aromatic N) is 1. The number of rotatable bonds is 4. The summed E-state index contributed by atoms with van der Waals surface area (Å²) in [6.45, 7) is 0. The van der Waals surface area contributed by atoms with Crippen molar-refractivity contribution in [2.45, 2.75) is 0 Å². The highest BCUT2D eigenvalue weighted by Crippen LogP contribution is 2.18. The van der Waals surface area contributed by atoms with E-state index < -0.39 is 0 Å². The van der Waals surface area contributed by atoms with Crippen LogP contribution in [0.1, 0.15) is 15.9 Å². The van der Waals surface area contributed by atoms with E-state index in [1.54, 1.807) is 37.7 Å². The second kappa shape index (κ2) is 5.77. The van der Waals surface area contributed by atoms with Gasteiger partial charge in [-0.15, -0.1) is 0 Å². The first kappa shape index (κ1) is 12.0. The van der Waals surface area contributed by atoms with Crippen LogP contribution in [-0.2, 0) is 0 Å². The van der Waals surface area contributed by atoms with Crippen molar-refractivity contribution < 1.29 is 9.53 Å². The number of ketones is 1. The number of methoxy groups -OCH3 is 1. The smallest absolute Gasteiger partial charge is 0.187 e. The molecule has 0 saturated heterocycles. The van der Waals surface area contributed by atoms with Gasteiger partial charge in [-0.3, -0.25) is 9.78 Å². The summed E-state index contributed by atoms with van der Waals surface area (Å²) >= 11 is 0. The molecule has 1 aromatic carbocycles. The van der Waals surface area contributed by atoms with Crippen LogP contribution in [0.3, 0.4) is 0 Å². The molecular formula is C15H13NO2. The monoisotopic (exact) mass is 239 g/mol. The topological polar surface area (TPSA) is 39.2 Å². The zero-order chi connectivity index (χ0) is 12.8. The van der Waals surface area contributed by atoms with E-state index in [4.69, 9.17) is 4.74 Å². The van der Waals surface area contributed by atoms with E-state index in [9.17, 15) is 4.79 Å². The SMILES string of the molecule is COc1ccccc1C=CC(=O)c1cccnc1. The van der Waals surface area contributed by atoms with E-state index in [0.717, 1.165) is 11.3 Å². The number of ether oxygens (including phenoxy) is 1. The zero-order valence-corrected chi connectivity index (χ0v) is 10.0. The average Bonchev–Trinajstić information content (AvgIpc) is 2.46. The summed E-state index contributed by atoms with van der Waals surface area (Å²) in [7, 11) is 1.61. The Balaban J connectivity index is 2.19. The summed E-state index contributed by atoms with van der Waals surface area (Å²) in [4.78, 5) is 15.8. The number of benzene rings is 1. The Kier molecular flexibility index (Phi) is 3.86. The Hall–Kier alpha value is -2.42. The van der Waals surface area contributed by atoms with Crippen molar-refractivity contribution in [3.8, 4) is 5.75 Å². The van der Waals surface area contributed by atoms with E-state index in [1.165, 1.54) is 6.08 Å². The predicted molar refractivity (Wildman–Crippen MR) is 70.6 cm³/mol. The first-order valence-corrected chi connectivity index (χ1v) is 5.56. The third kappa shape index (κ3) is 2.83. The number of hydrogen-bond donors (Lipinski definition) is 0. The van der Waals surface area contributed by atoms with Gasteiger partial charge in [0.05, 0.1) is 7.11 Å². The van der Waals surface area contributed by atoms with Gasteiger partial charge in [-0.25, -0.2) is 0 Å². The molecular weight excluding hydrogens is 226 g/mol. The molecule has 2 aromatic rings. The van der Waals surface area contributed by atoms with E-state index in [-0.39, 0.29) is 5.78 Å². The molecule has 1 heterocycles. The van der Waals surface area contributed by atoms with Gasteiger partial charge >= 0.3 is 0 Å². The second-order valence-corrected chi connectivity index (χ2v) is 3.68. The maximum atomic E-state index is 11.9. The van der Waals surface area contributed by atoms with Crippen molar-refractivity contribution in [2.24, 2.45) is 0 Å². The fraction of sp³-hybridized carbons (Fsp3) is 0.0667. The van der Waals surface area contributed by atoms with Gasteiger partial charge in [-0.1, -0.05) is 18.2 Å². The molecule has 0 aliphatic carbocycles. The minimum Gasteiger partial charge on any atom is -0.496 e. The minimum atomic E-state index is -0.0750. The van der Waals surface area contributed by atoms with Crippen LogP contribution in [0.25, 0.3) is 6.08 Å². The molecule has 0 unspecified atom stereocenters. The first-order chi connectivity index (χ1) is 8.81. The lowest BCUT2D eigenvalue weighted by atomic mass is 10.1. The van der Waals surface area contributed by atoms with Crippen LogP contribution in [0.15, 0.2) is 54.9 Å². The standard InChI is InChI=1S/C15H13NO2/c1-18-15-7-3-2-5-12(15)8-9-14(17)13-6-4-10-16-11-13/h2-11H,1H3. The second-order valence-electron chi connectivity index (χ2n) is 3.68. The lowest BCUT2D eigenvalue weighted by molar-refractivity contribution is 0.104. The Labute approximate surface area is 106 Å². The van der Waals surface area contributed by atoms with Gasteiger partial charge in [0.15, 0.2) is 5.78 Å². The number of allylic oxidation sites excluding steroid dienone is 1. The molecule has 0 aliphatic rings. The summed E-state index contributed by atoms with van der Waals surface area (Å²) < 4.78 is 5.21. The minimum absolute atomic E-state index is 0.0750. The maximum absolute atomic E-state index is 11.9. The maximum Gasteiger partial charge on any atom is 0.187 e. The van der Waals surface area contributed by atoms with Crippen molar-refractivity contribution in [1.82, 2.24) is 4.98 Å². The Morgan fingerprint density at radius 3 is 2.78 bits per heavy atom. The van der Waals surface area contributed by atoms with Crippen LogP contribution < -0.4 is 4.74 Å². The number of aromatic nitrogens is 1. The average molecular weight is 239 g/mol. The van der Waals surface area contributed by atoms with Gasteiger partial charge in [0.2, 0.25) is 0 Å². The van der Waals surface area contributed by atoms with Crippen LogP contribution in [0, 0.1) is 0 Å². The third-order valence-electron chi connectivity index (χ3n) is 2.50. The van der Waals surface area contributed by atoms with Gasteiger partial charge in [0.1, 0.15) is 5.75 Å². The van der Waals surface area contributed by atoms with Crippen LogP contribution in [0.2, 0.25) is 0 Å². The molecule has 3 nitrogen and oxygen atoms in total. The van der Waals surface area contributed by atoms with Gasteiger partial charge in [-0.05, 0) is 30.4 Å². The van der Waals surface area contributed by atoms with Crippen LogP contribution in [0.4, 0.5) is 0 Å². The van der Waals surface area contributed by atoms with E-state index >= 15 is 0 Å². The molecule has 90 valence electrons. The Bertz CT molecular complexity index is 562. The molecule has 18 heavy (non-hydrogen) atoms. The zero-order valence-electron chi connectivity index (χ0n) is 10.0. The molecule has 0 fully saturated rings. The highest BCUT2D eigenvalue weighted by Gasteiger charge is 2.02. The van der Waals surface area contributed by atoms with Crippen molar-refractivity contribution in [1.29, 1.82) is 0 Å². The molecule has 0 spiro atoms. The first-order valence-electron chi connectivity index (χ1n) is 5.56. The predicted octanol–water partition coefficient (Wildman–Crippen LogP) is 2.99. The molecule has 0 bridgehead atoms. The van der Waals surface area contributed by atoms with E-state index in [2.05, 4.69) is 4.98 Å². The van der Waals surface area contributed by atoms with Crippen molar-refractivity contribution >= 4 is 11.9 Å². The quantitative estimate of drug-likeness (QED) is 0.608. The van der Waals surface area contributed by atoms with Crippen molar-refractivity contribution in [3.63, 3.8) is 0 Å². The molecule has 0 amide bonds. The molecule has 0 aliphatic heterocycles. The summed E-state index contributed by atoms with van der Waals surface area (Å²) in [6, 6.07) is 11.0. The van der Waals surface area contributed by atoms with Crippen molar-refractivity contribution in [2.75, 3.05) is 7.11 Å². The summed E-state index contributed by atoms with van der Waals surface area (Å²) in [5, 5.41) is 0. The number of para-hydroxylation sites is 1. The summed E-state index contributed by atoms with van der Waals surface area (Å²) in [6.07, 6.45) is 6.46. The Morgan fingerprint density at radius 2 is 2.06 bits per heavy atom. The van der Waals surface area contributed by atoms with Crippen LogP contribution in [-0.4, -0.2) is 17.9 Å². The molecule has 1 aromatic heterocycles.